The molecule has 1 aliphatic heterocycles. The highest BCUT2D eigenvalue weighted by Gasteiger charge is 2.16. The van der Waals surface area contributed by atoms with Gasteiger partial charge in [0.2, 0.25) is 5.91 Å². The van der Waals surface area contributed by atoms with E-state index in [1.165, 1.54) is 0 Å². The minimum absolute atomic E-state index is 0.258. The number of ether oxygens (including phenoxy) is 1. The van der Waals surface area contributed by atoms with Gasteiger partial charge in [-0.1, -0.05) is 6.92 Å². The second-order valence-electron chi connectivity index (χ2n) is 3.64. The van der Waals surface area contributed by atoms with E-state index >= 15 is 0 Å². The number of nitrogens with zero attached hydrogens (tertiary/aromatic N) is 2. The lowest BCUT2D eigenvalue weighted by Gasteiger charge is -2.27. The fraction of sp³-hybridized carbons (Fsp3) is 0.900. The molecule has 0 aromatic carbocycles. The molecule has 1 fully saturated rings. The van der Waals surface area contributed by atoms with Crippen molar-refractivity contribution in [2.24, 2.45) is 0 Å². The van der Waals surface area contributed by atoms with E-state index in [0.29, 0.717) is 19.6 Å². The fourth-order valence-corrected chi connectivity index (χ4v) is 1.42. The molecule has 0 saturated carbocycles. The number of carbonyl (C=O) groups excluding carboxylic acids is 1. The lowest BCUT2D eigenvalue weighted by Crippen LogP contribution is -2.41. The van der Waals surface area contributed by atoms with Crippen molar-refractivity contribution >= 4 is 5.91 Å². The molecular formula is C10H20N2O2. The first-order valence-corrected chi connectivity index (χ1v) is 5.28. The van der Waals surface area contributed by atoms with Gasteiger partial charge in [-0.05, 0) is 13.6 Å². The molecule has 4 heteroatoms. The summed E-state index contributed by atoms with van der Waals surface area (Å²) in [5, 5.41) is 0. The normalized spacial score (nSPS) is 17.5. The molecule has 1 aliphatic rings. The van der Waals surface area contributed by atoms with Gasteiger partial charge >= 0.3 is 0 Å². The van der Waals surface area contributed by atoms with Crippen LogP contribution in [0.4, 0.5) is 0 Å². The van der Waals surface area contributed by atoms with Crippen LogP contribution in [0.2, 0.25) is 0 Å². The highest BCUT2D eigenvalue weighted by molar-refractivity contribution is 5.76. The molecule has 0 bridgehead atoms. The van der Waals surface area contributed by atoms with Crippen molar-refractivity contribution in [1.82, 2.24) is 9.80 Å². The van der Waals surface area contributed by atoms with Crippen LogP contribution in [-0.2, 0) is 9.53 Å². The molecule has 0 aromatic heterocycles. The van der Waals surface area contributed by atoms with Gasteiger partial charge in [-0.2, -0.15) is 0 Å². The topological polar surface area (TPSA) is 32.8 Å². The predicted octanol–water partition coefficient (Wildman–Crippen LogP) is 0.187. The van der Waals surface area contributed by atoms with Crippen molar-refractivity contribution < 1.29 is 9.53 Å². The maximum absolute atomic E-state index is 11.7. The van der Waals surface area contributed by atoms with Crippen LogP contribution in [0.5, 0.6) is 0 Å². The van der Waals surface area contributed by atoms with Crippen LogP contribution >= 0.6 is 0 Å². The van der Waals surface area contributed by atoms with Gasteiger partial charge in [0, 0.05) is 26.1 Å². The summed E-state index contributed by atoms with van der Waals surface area (Å²) in [5.74, 6) is 0.258. The number of rotatable bonds is 4. The van der Waals surface area contributed by atoms with Crippen molar-refractivity contribution in [2.75, 3.05) is 46.4 Å². The Labute approximate surface area is 85.8 Å². The second kappa shape index (κ2) is 5.98. The van der Waals surface area contributed by atoms with Gasteiger partial charge in [0.15, 0.2) is 0 Å². The molecule has 14 heavy (non-hydrogen) atoms. The van der Waals surface area contributed by atoms with Crippen LogP contribution in [0.1, 0.15) is 13.3 Å². The van der Waals surface area contributed by atoms with Crippen LogP contribution in [0.15, 0.2) is 0 Å². The smallest absolute Gasteiger partial charge is 0.224 e. The van der Waals surface area contributed by atoms with E-state index < -0.39 is 0 Å². The summed E-state index contributed by atoms with van der Waals surface area (Å²) in [5.41, 5.74) is 0. The highest BCUT2D eigenvalue weighted by Crippen LogP contribution is 2.00. The van der Waals surface area contributed by atoms with Gasteiger partial charge in [0.25, 0.3) is 0 Å². The van der Waals surface area contributed by atoms with Crippen LogP contribution in [-0.4, -0.2) is 62.1 Å². The summed E-state index contributed by atoms with van der Waals surface area (Å²) in [7, 11) is 2.03. The maximum Gasteiger partial charge on any atom is 0.224 e. The highest BCUT2D eigenvalue weighted by atomic mass is 16.5. The van der Waals surface area contributed by atoms with Gasteiger partial charge < -0.3 is 14.5 Å². The van der Waals surface area contributed by atoms with Gasteiger partial charge in [-0.3, -0.25) is 4.79 Å². The first-order valence-electron chi connectivity index (χ1n) is 5.28. The minimum atomic E-state index is 0.258. The number of amides is 1. The monoisotopic (exact) mass is 200 g/mol. The molecule has 0 unspecified atom stereocenters. The fourth-order valence-electron chi connectivity index (χ4n) is 1.42. The zero-order chi connectivity index (χ0) is 10.4. The van der Waals surface area contributed by atoms with Gasteiger partial charge in [0.05, 0.1) is 13.2 Å². The summed E-state index contributed by atoms with van der Waals surface area (Å²) in [6, 6.07) is 0. The molecule has 4 nitrogen and oxygen atoms in total. The lowest BCUT2D eigenvalue weighted by atomic mass is 10.3. The molecule has 0 spiro atoms. The van der Waals surface area contributed by atoms with E-state index in [2.05, 4.69) is 11.8 Å². The van der Waals surface area contributed by atoms with Crippen LogP contribution in [0.3, 0.4) is 0 Å². The SMILES string of the molecule is CCN(C)CCC(=O)N1CCOCC1. The average molecular weight is 200 g/mol. The molecule has 1 rings (SSSR count). The van der Waals surface area contributed by atoms with Crippen molar-refractivity contribution in [1.29, 1.82) is 0 Å². The summed E-state index contributed by atoms with van der Waals surface area (Å²) >= 11 is 0. The number of morpholine rings is 1. The summed E-state index contributed by atoms with van der Waals surface area (Å²) in [6.07, 6.45) is 0.629. The third kappa shape index (κ3) is 3.64. The van der Waals surface area contributed by atoms with Crippen molar-refractivity contribution in [3.63, 3.8) is 0 Å². The first-order chi connectivity index (χ1) is 6.74. The maximum atomic E-state index is 11.7. The largest absolute Gasteiger partial charge is 0.378 e. The van der Waals surface area contributed by atoms with E-state index in [0.717, 1.165) is 26.2 Å². The Morgan fingerprint density at radius 1 is 1.43 bits per heavy atom. The number of carbonyl (C=O) groups is 1. The molecule has 0 atom stereocenters. The zero-order valence-electron chi connectivity index (χ0n) is 9.16. The van der Waals surface area contributed by atoms with Crippen molar-refractivity contribution in [3.8, 4) is 0 Å². The Kier molecular flexibility index (Phi) is 4.90. The van der Waals surface area contributed by atoms with E-state index in [4.69, 9.17) is 4.74 Å². The Bertz CT molecular complexity index is 179. The summed E-state index contributed by atoms with van der Waals surface area (Å²) in [4.78, 5) is 15.7. The number of hydrogen-bond donors (Lipinski definition) is 0. The standard InChI is InChI=1S/C10H20N2O2/c1-3-11(2)5-4-10(13)12-6-8-14-9-7-12/h3-9H2,1-2H3. The Hall–Kier alpha value is -0.610. The van der Waals surface area contributed by atoms with Gasteiger partial charge in [0.1, 0.15) is 0 Å². The average Bonchev–Trinajstić information content (AvgIpc) is 2.26. The molecule has 1 amide bonds. The third-order valence-corrected chi connectivity index (χ3v) is 2.61. The zero-order valence-corrected chi connectivity index (χ0v) is 9.16. The predicted molar refractivity (Wildman–Crippen MR) is 55.2 cm³/mol. The quantitative estimate of drug-likeness (QED) is 0.649. The molecule has 0 aliphatic carbocycles. The van der Waals surface area contributed by atoms with Gasteiger partial charge in [-0.25, -0.2) is 0 Å². The minimum Gasteiger partial charge on any atom is -0.378 e. The van der Waals surface area contributed by atoms with Gasteiger partial charge in [-0.15, -0.1) is 0 Å². The number of hydrogen-bond acceptors (Lipinski definition) is 3. The van der Waals surface area contributed by atoms with Crippen molar-refractivity contribution in [3.05, 3.63) is 0 Å². The molecule has 1 saturated heterocycles. The molecule has 0 aromatic rings. The Balaban J connectivity index is 2.19. The van der Waals surface area contributed by atoms with Crippen molar-refractivity contribution in [2.45, 2.75) is 13.3 Å². The van der Waals surface area contributed by atoms with E-state index in [9.17, 15) is 4.79 Å². The first kappa shape index (κ1) is 11.5. The molecule has 82 valence electrons. The molecular weight excluding hydrogens is 180 g/mol. The second-order valence-corrected chi connectivity index (χ2v) is 3.64. The molecule has 0 N–H and O–H groups in total. The van der Waals surface area contributed by atoms with E-state index in [-0.39, 0.29) is 5.91 Å². The molecule has 1 heterocycles. The summed E-state index contributed by atoms with van der Waals surface area (Å²) < 4.78 is 5.19. The van der Waals surface area contributed by atoms with E-state index in [1.54, 1.807) is 0 Å². The Morgan fingerprint density at radius 2 is 2.07 bits per heavy atom. The third-order valence-electron chi connectivity index (χ3n) is 2.61. The Morgan fingerprint density at radius 3 is 2.64 bits per heavy atom. The van der Waals surface area contributed by atoms with Crippen LogP contribution < -0.4 is 0 Å². The van der Waals surface area contributed by atoms with E-state index in [1.807, 2.05) is 11.9 Å². The van der Waals surface area contributed by atoms with Crippen LogP contribution in [0, 0.1) is 0 Å². The lowest BCUT2D eigenvalue weighted by molar-refractivity contribution is -0.135. The van der Waals surface area contributed by atoms with Crippen LogP contribution in [0.25, 0.3) is 0 Å². The summed E-state index contributed by atoms with van der Waals surface area (Å²) in [6.45, 7) is 6.84. The molecule has 0 radical (unpaired) electrons.